The van der Waals surface area contributed by atoms with Crippen molar-refractivity contribution < 1.29 is 14.1 Å². The molecule has 1 N–H and O–H groups in total. The number of rotatable bonds is 3. The minimum absolute atomic E-state index is 0.123. The molecular weight excluding hydrogens is 404 g/mol. The molecule has 3 aromatic rings. The second-order valence-corrected chi connectivity index (χ2v) is 9.55. The zero-order valence-electron chi connectivity index (χ0n) is 19.1. The first kappa shape index (κ1) is 20.9. The number of nitrogens with zero attached hydrogens (tertiary/aromatic N) is 3. The lowest BCUT2D eigenvalue weighted by molar-refractivity contribution is -0.0195. The number of ether oxygens (including phenoxy) is 1. The van der Waals surface area contributed by atoms with Crippen LogP contribution in [0.15, 0.2) is 34.9 Å². The molecule has 1 amide bonds. The summed E-state index contributed by atoms with van der Waals surface area (Å²) in [5.41, 5.74) is 3.26. The number of aryl methyl sites for hydroxylation is 1. The van der Waals surface area contributed by atoms with Crippen LogP contribution in [0.4, 0.5) is 0 Å². The largest absolute Gasteiger partial charge is 0.487 e. The van der Waals surface area contributed by atoms with Crippen LogP contribution in [0.5, 0.6) is 5.75 Å². The molecule has 2 aliphatic heterocycles. The Balaban J connectivity index is 1.50. The van der Waals surface area contributed by atoms with Crippen molar-refractivity contribution in [3.8, 4) is 5.75 Å². The van der Waals surface area contributed by atoms with Crippen molar-refractivity contribution in [2.75, 3.05) is 20.1 Å². The smallest absolute Gasteiger partial charge is 0.259 e. The van der Waals surface area contributed by atoms with Crippen LogP contribution in [0, 0.1) is 6.92 Å². The fourth-order valence-corrected chi connectivity index (χ4v) is 4.90. The minimum atomic E-state index is -0.247. The van der Waals surface area contributed by atoms with E-state index >= 15 is 0 Å². The van der Waals surface area contributed by atoms with E-state index in [-0.39, 0.29) is 23.5 Å². The number of hydrogen-bond acceptors (Lipinski definition) is 6. The molecule has 2 aromatic heterocycles. The van der Waals surface area contributed by atoms with Crippen LogP contribution >= 0.6 is 0 Å². The SMILES string of the molecule is Cc1noc2nc(C(C)C)cc(C(=O)NC3CC4(CCN(C)CC4)Oc4ccccc43)c12. The van der Waals surface area contributed by atoms with Gasteiger partial charge in [-0.2, -0.15) is 0 Å². The Morgan fingerprint density at radius 3 is 2.75 bits per heavy atom. The van der Waals surface area contributed by atoms with E-state index < -0.39 is 0 Å². The summed E-state index contributed by atoms with van der Waals surface area (Å²) in [6.45, 7) is 7.93. The van der Waals surface area contributed by atoms with E-state index in [1.807, 2.05) is 31.2 Å². The van der Waals surface area contributed by atoms with Crippen molar-refractivity contribution in [3.63, 3.8) is 0 Å². The van der Waals surface area contributed by atoms with Crippen molar-refractivity contribution in [2.45, 2.75) is 57.6 Å². The van der Waals surface area contributed by atoms with Crippen LogP contribution in [0.2, 0.25) is 0 Å². The summed E-state index contributed by atoms with van der Waals surface area (Å²) in [6.07, 6.45) is 2.66. The molecule has 0 aliphatic carbocycles. The maximum atomic E-state index is 13.6. The highest BCUT2D eigenvalue weighted by molar-refractivity contribution is 6.06. The number of benzene rings is 1. The van der Waals surface area contributed by atoms with E-state index in [9.17, 15) is 4.79 Å². The molecule has 1 unspecified atom stereocenters. The van der Waals surface area contributed by atoms with Gasteiger partial charge in [-0.3, -0.25) is 4.79 Å². The number of aromatic nitrogens is 2. The average Bonchev–Trinajstić information content (AvgIpc) is 3.16. The highest BCUT2D eigenvalue weighted by Gasteiger charge is 2.43. The molecule has 7 nitrogen and oxygen atoms in total. The van der Waals surface area contributed by atoms with E-state index in [1.165, 1.54) is 0 Å². The van der Waals surface area contributed by atoms with Crippen molar-refractivity contribution in [2.24, 2.45) is 0 Å². The lowest BCUT2D eigenvalue weighted by atomic mass is 9.80. The van der Waals surface area contributed by atoms with Gasteiger partial charge in [0, 0.05) is 30.8 Å². The van der Waals surface area contributed by atoms with Crippen LogP contribution < -0.4 is 10.1 Å². The summed E-state index contributed by atoms with van der Waals surface area (Å²) in [6, 6.07) is 9.81. The normalized spacial score (nSPS) is 20.3. The first-order valence-electron chi connectivity index (χ1n) is 11.4. The molecule has 5 rings (SSSR count). The van der Waals surface area contributed by atoms with Crippen LogP contribution in [0.1, 0.15) is 72.4 Å². The number of hydrogen-bond donors (Lipinski definition) is 1. The molecule has 32 heavy (non-hydrogen) atoms. The third kappa shape index (κ3) is 3.64. The molecule has 0 radical (unpaired) electrons. The van der Waals surface area contributed by atoms with Crippen LogP contribution in [-0.4, -0.2) is 46.7 Å². The highest BCUT2D eigenvalue weighted by atomic mass is 16.5. The number of fused-ring (bicyclic) bond motifs is 2. The molecule has 0 bridgehead atoms. The predicted molar refractivity (Wildman–Crippen MR) is 122 cm³/mol. The average molecular weight is 435 g/mol. The quantitative estimate of drug-likeness (QED) is 0.659. The Morgan fingerprint density at radius 2 is 2.00 bits per heavy atom. The van der Waals surface area contributed by atoms with Gasteiger partial charge in [-0.25, -0.2) is 4.98 Å². The zero-order valence-corrected chi connectivity index (χ0v) is 19.1. The van der Waals surface area contributed by atoms with Crippen molar-refractivity contribution >= 4 is 17.0 Å². The van der Waals surface area contributed by atoms with Gasteiger partial charge in [-0.05, 0) is 44.9 Å². The number of amides is 1. The second kappa shape index (κ2) is 7.89. The third-order valence-corrected chi connectivity index (χ3v) is 6.87. The summed E-state index contributed by atoms with van der Waals surface area (Å²) < 4.78 is 12.0. The van der Waals surface area contributed by atoms with E-state index in [4.69, 9.17) is 9.26 Å². The number of piperidine rings is 1. The van der Waals surface area contributed by atoms with Gasteiger partial charge in [0.25, 0.3) is 11.6 Å². The molecule has 168 valence electrons. The van der Waals surface area contributed by atoms with Gasteiger partial charge in [0.2, 0.25) is 0 Å². The molecule has 0 saturated carbocycles. The maximum absolute atomic E-state index is 13.6. The van der Waals surface area contributed by atoms with Gasteiger partial charge in [0.1, 0.15) is 11.4 Å². The summed E-state index contributed by atoms with van der Waals surface area (Å²) in [5, 5.41) is 8.06. The van der Waals surface area contributed by atoms with Crippen molar-refractivity contribution in [3.05, 3.63) is 52.8 Å². The van der Waals surface area contributed by atoms with Crippen LogP contribution in [0.25, 0.3) is 11.1 Å². The van der Waals surface area contributed by atoms with Gasteiger partial charge < -0.3 is 19.5 Å². The number of likely N-dealkylation sites (tertiary alicyclic amines) is 1. The van der Waals surface area contributed by atoms with E-state index in [0.717, 1.165) is 49.4 Å². The molecule has 1 spiro atoms. The van der Waals surface area contributed by atoms with E-state index in [1.54, 1.807) is 0 Å². The minimum Gasteiger partial charge on any atom is -0.487 e. The monoisotopic (exact) mass is 434 g/mol. The molecule has 4 heterocycles. The Bertz CT molecular complexity index is 1160. The Morgan fingerprint density at radius 1 is 1.25 bits per heavy atom. The second-order valence-electron chi connectivity index (χ2n) is 9.55. The van der Waals surface area contributed by atoms with Crippen LogP contribution in [0.3, 0.4) is 0 Å². The number of pyridine rings is 1. The lowest BCUT2D eigenvalue weighted by Gasteiger charge is -2.46. The number of nitrogens with one attached hydrogen (secondary N) is 1. The Kier molecular flexibility index (Phi) is 5.16. The topological polar surface area (TPSA) is 80.5 Å². The first-order valence-corrected chi connectivity index (χ1v) is 11.4. The molecule has 7 heteroatoms. The Hall–Kier alpha value is -2.93. The fraction of sp³-hybridized carbons (Fsp3) is 0.480. The summed E-state index contributed by atoms with van der Waals surface area (Å²) >= 11 is 0. The molecular formula is C25H30N4O3. The number of carbonyl (C=O) groups is 1. The zero-order chi connectivity index (χ0) is 22.5. The van der Waals surface area contributed by atoms with Gasteiger partial charge in [-0.15, -0.1) is 0 Å². The molecule has 1 saturated heterocycles. The van der Waals surface area contributed by atoms with Gasteiger partial charge >= 0.3 is 0 Å². The summed E-state index contributed by atoms with van der Waals surface area (Å²) in [7, 11) is 2.14. The first-order chi connectivity index (χ1) is 15.3. The van der Waals surface area contributed by atoms with E-state index in [0.29, 0.717) is 22.4 Å². The van der Waals surface area contributed by atoms with Gasteiger partial charge in [0.15, 0.2) is 0 Å². The fourth-order valence-electron chi connectivity index (χ4n) is 4.90. The standard InChI is InChI=1S/C25H30N4O3/c1-15(2)19-13-18(22-16(3)28-32-24(22)27-19)23(30)26-20-14-25(9-11-29(4)12-10-25)31-21-8-6-5-7-17(20)21/h5-8,13,15,20H,9-12,14H2,1-4H3,(H,26,30). The van der Waals surface area contributed by atoms with Crippen molar-refractivity contribution in [1.82, 2.24) is 20.4 Å². The Labute approximate surface area is 188 Å². The predicted octanol–water partition coefficient (Wildman–Crippen LogP) is 4.37. The van der Waals surface area contributed by atoms with E-state index in [2.05, 4.69) is 47.3 Å². The molecule has 1 aromatic carbocycles. The molecule has 1 fully saturated rings. The molecule has 2 aliphatic rings. The number of para-hydroxylation sites is 1. The summed E-state index contributed by atoms with van der Waals surface area (Å²) in [4.78, 5) is 20.5. The summed E-state index contributed by atoms with van der Waals surface area (Å²) in [5.74, 6) is 0.913. The van der Waals surface area contributed by atoms with Crippen LogP contribution in [-0.2, 0) is 0 Å². The van der Waals surface area contributed by atoms with Gasteiger partial charge in [0.05, 0.1) is 22.7 Å². The van der Waals surface area contributed by atoms with Crippen molar-refractivity contribution in [1.29, 1.82) is 0 Å². The number of carbonyl (C=O) groups excluding carboxylic acids is 1. The third-order valence-electron chi connectivity index (χ3n) is 6.87. The highest BCUT2D eigenvalue weighted by Crippen LogP contribution is 2.44. The molecule has 1 atom stereocenters. The van der Waals surface area contributed by atoms with Gasteiger partial charge in [-0.1, -0.05) is 37.2 Å². The lowest BCUT2D eigenvalue weighted by Crippen LogP contribution is -2.51. The maximum Gasteiger partial charge on any atom is 0.259 e.